The van der Waals surface area contributed by atoms with Crippen molar-refractivity contribution in [2.24, 2.45) is 10.3 Å². The molecule has 0 spiro atoms. The van der Waals surface area contributed by atoms with Crippen LogP contribution in [0.3, 0.4) is 0 Å². The monoisotopic (exact) mass is 271 g/mol. The van der Waals surface area contributed by atoms with Crippen molar-refractivity contribution in [2.45, 2.75) is 25.9 Å². The lowest BCUT2D eigenvalue weighted by Gasteiger charge is -2.31. The number of amides is 1. The van der Waals surface area contributed by atoms with Gasteiger partial charge in [-0.05, 0) is 19.8 Å². The topological polar surface area (TPSA) is 72.7 Å². The Kier molecular flexibility index (Phi) is 6.27. The van der Waals surface area contributed by atoms with E-state index in [1.165, 1.54) is 14.2 Å². The number of carbonyl (C=O) groups excluding carboxylic acids is 1. The van der Waals surface area contributed by atoms with Crippen LogP contribution in [0.15, 0.2) is 10.3 Å². The van der Waals surface area contributed by atoms with Gasteiger partial charge in [-0.25, -0.2) is 0 Å². The predicted octanol–water partition coefficient (Wildman–Crippen LogP) is 0.649. The molecule has 0 unspecified atom stereocenters. The zero-order chi connectivity index (χ0) is 14.3. The van der Waals surface area contributed by atoms with E-state index < -0.39 is 0 Å². The molecular weight excluding hydrogens is 250 g/mol. The third-order valence-corrected chi connectivity index (χ3v) is 3.02. The number of likely N-dealkylation sites (tertiary alicyclic amines) is 1. The first-order chi connectivity index (χ1) is 9.13. The fraction of sp³-hybridized carbons (Fsp3) is 0.750. The van der Waals surface area contributed by atoms with Crippen molar-refractivity contribution in [3.8, 4) is 0 Å². The van der Waals surface area contributed by atoms with Crippen molar-refractivity contribution in [1.29, 1.82) is 0 Å². The van der Waals surface area contributed by atoms with E-state index in [0.29, 0.717) is 18.8 Å². The highest BCUT2D eigenvalue weighted by Gasteiger charge is 2.27. The molecule has 0 aromatic rings. The van der Waals surface area contributed by atoms with Gasteiger partial charge in [-0.3, -0.25) is 4.79 Å². The first-order valence-corrected chi connectivity index (χ1v) is 6.15. The molecule has 7 heteroatoms. The van der Waals surface area contributed by atoms with Gasteiger partial charge in [0.1, 0.15) is 19.9 Å². The Hall–Kier alpha value is -1.63. The summed E-state index contributed by atoms with van der Waals surface area (Å²) in [6.07, 6.45) is 1.87. The van der Waals surface area contributed by atoms with Gasteiger partial charge in [0.15, 0.2) is 5.71 Å². The lowest BCUT2D eigenvalue weighted by Crippen LogP contribution is -2.45. The van der Waals surface area contributed by atoms with Gasteiger partial charge in [0.25, 0.3) is 5.91 Å². The zero-order valence-electron chi connectivity index (χ0n) is 11.9. The van der Waals surface area contributed by atoms with Crippen LogP contribution in [0.5, 0.6) is 0 Å². The molecule has 0 aliphatic carbocycles. The summed E-state index contributed by atoms with van der Waals surface area (Å²) in [5.41, 5.74) is 0.559. The maximum absolute atomic E-state index is 12.3. The summed E-state index contributed by atoms with van der Waals surface area (Å²) in [6, 6.07) is 0. The summed E-state index contributed by atoms with van der Waals surface area (Å²) >= 11 is 0. The largest absolute Gasteiger partial charge is 0.399 e. The normalized spacial score (nSPS) is 18.4. The van der Waals surface area contributed by atoms with E-state index in [1.807, 2.05) is 0 Å². The quantitative estimate of drug-likeness (QED) is 0.543. The highest BCUT2D eigenvalue weighted by Crippen LogP contribution is 2.13. The highest BCUT2D eigenvalue weighted by atomic mass is 16.6. The first kappa shape index (κ1) is 15.4. The Labute approximate surface area is 113 Å². The van der Waals surface area contributed by atoms with Crippen molar-refractivity contribution < 1.29 is 19.2 Å². The van der Waals surface area contributed by atoms with E-state index in [2.05, 4.69) is 15.1 Å². The average Bonchev–Trinajstić information content (AvgIpc) is 2.44. The number of carbonyl (C=O) groups is 1. The lowest BCUT2D eigenvalue weighted by atomic mass is 10.1. The minimum absolute atomic E-state index is 0.167. The minimum Gasteiger partial charge on any atom is -0.399 e. The van der Waals surface area contributed by atoms with Gasteiger partial charge < -0.3 is 19.3 Å². The molecule has 7 nitrogen and oxygen atoms in total. The highest BCUT2D eigenvalue weighted by molar-refractivity contribution is 6.66. The zero-order valence-corrected chi connectivity index (χ0v) is 11.9. The fourth-order valence-electron chi connectivity index (χ4n) is 1.98. The first-order valence-electron chi connectivity index (χ1n) is 6.15. The van der Waals surface area contributed by atoms with Crippen LogP contribution in [-0.2, 0) is 19.2 Å². The molecular formula is C12H21N3O4. The third kappa shape index (κ3) is 4.20. The Morgan fingerprint density at radius 1 is 1.11 bits per heavy atom. The number of hydrogen-bond donors (Lipinski definition) is 0. The molecule has 108 valence electrons. The van der Waals surface area contributed by atoms with Crippen LogP contribution in [-0.4, -0.2) is 62.8 Å². The van der Waals surface area contributed by atoms with Crippen molar-refractivity contribution in [3.05, 3.63) is 0 Å². The molecule has 0 aromatic carbocycles. The standard InChI is InChI=1S/C12H21N3O4/c1-9(13-18-3)11(14-19-4)12(16)15-7-5-10(17-2)6-8-15/h10H,5-8H2,1-4H3/b13-9+,14-11+. The third-order valence-electron chi connectivity index (χ3n) is 3.02. The van der Waals surface area contributed by atoms with Gasteiger partial charge in [0, 0.05) is 20.2 Å². The SMILES string of the molecule is CO/N=C(C)/C(=N\OC)C(=O)N1CCC(OC)CC1. The van der Waals surface area contributed by atoms with E-state index >= 15 is 0 Å². The second kappa shape index (κ2) is 7.73. The van der Waals surface area contributed by atoms with Gasteiger partial charge in [-0.2, -0.15) is 0 Å². The number of oxime groups is 2. The second-order valence-corrected chi connectivity index (χ2v) is 4.21. The molecule has 0 atom stereocenters. The van der Waals surface area contributed by atoms with Gasteiger partial charge in [0.05, 0.1) is 6.10 Å². The van der Waals surface area contributed by atoms with Gasteiger partial charge in [-0.15, -0.1) is 0 Å². The van der Waals surface area contributed by atoms with Gasteiger partial charge in [0.2, 0.25) is 0 Å². The molecule has 0 radical (unpaired) electrons. The maximum atomic E-state index is 12.3. The number of ether oxygens (including phenoxy) is 1. The number of methoxy groups -OCH3 is 1. The minimum atomic E-state index is -0.199. The van der Waals surface area contributed by atoms with E-state index in [4.69, 9.17) is 9.57 Å². The van der Waals surface area contributed by atoms with Gasteiger partial charge in [-0.1, -0.05) is 10.3 Å². The number of nitrogens with zero attached hydrogens (tertiary/aromatic N) is 3. The molecule has 1 rings (SSSR count). The van der Waals surface area contributed by atoms with E-state index in [1.54, 1.807) is 18.9 Å². The second-order valence-electron chi connectivity index (χ2n) is 4.21. The van der Waals surface area contributed by atoms with Crippen molar-refractivity contribution >= 4 is 17.3 Å². The molecule has 1 saturated heterocycles. The summed E-state index contributed by atoms with van der Waals surface area (Å²) in [7, 11) is 4.50. The average molecular weight is 271 g/mol. The van der Waals surface area contributed by atoms with Gasteiger partial charge >= 0.3 is 0 Å². The smallest absolute Gasteiger partial charge is 0.277 e. The molecule has 1 heterocycles. The molecule has 0 N–H and O–H groups in total. The van der Waals surface area contributed by atoms with E-state index in [0.717, 1.165) is 12.8 Å². The summed E-state index contributed by atoms with van der Waals surface area (Å²) < 4.78 is 5.28. The summed E-state index contributed by atoms with van der Waals surface area (Å²) in [6.45, 7) is 2.93. The molecule has 0 saturated carbocycles. The maximum Gasteiger partial charge on any atom is 0.277 e. The van der Waals surface area contributed by atoms with Crippen LogP contribution >= 0.6 is 0 Å². The molecule has 1 fully saturated rings. The fourth-order valence-corrected chi connectivity index (χ4v) is 1.98. The molecule has 19 heavy (non-hydrogen) atoms. The number of piperidine rings is 1. The molecule has 0 aromatic heterocycles. The van der Waals surface area contributed by atoms with Crippen molar-refractivity contribution in [3.63, 3.8) is 0 Å². The molecule has 1 aliphatic rings. The Balaban J connectivity index is 2.74. The number of rotatable bonds is 5. The van der Waals surface area contributed by atoms with Crippen molar-refractivity contribution in [2.75, 3.05) is 34.4 Å². The Bertz CT molecular complexity index is 360. The molecule has 0 bridgehead atoms. The molecule has 1 amide bonds. The van der Waals surface area contributed by atoms with Crippen molar-refractivity contribution in [1.82, 2.24) is 4.90 Å². The lowest BCUT2D eigenvalue weighted by molar-refractivity contribution is -0.126. The summed E-state index contributed by atoms with van der Waals surface area (Å²) in [5.74, 6) is -0.199. The van der Waals surface area contributed by atoms with E-state index in [9.17, 15) is 4.79 Å². The summed E-state index contributed by atoms with van der Waals surface area (Å²) in [5, 5.41) is 7.46. The van der Waals surface area contributed by atoms with Crippen LogP contribution in [0.2, 0.25) is 0 Å². The molecule has 1 aliphatic heterocycles. The van der Waals surface area contributed by atoms with Crippen LogP contribution in [0.1, 0.15) is 19.8 Å². The number of hydrogen-bond acceptors (Lipinski definition) is 6. The van der Waals surface area contributed by atoms with E-state index in [-0.39, 0.29) is 17.7 Å². The Morgan fingerprint density at radius 3 is 2.16 bits per heavy atom. The van der Waals surface area contributed by atoms with Crippen LogP contribution in [0.4, 0.5) is 0 Å². The Morgan fingerprint density at radius 2 is 1.68 bits per heavy atom. The van der Waals surface area contributed by atoms with Crippen LogP contribution in [0.25, 0.3) is 0 Å². The van der Waals surface area contributed by atoms with Crippen LogP contribution in [0, 0.1) is 0 Å². The predicted molar refractivity (Wildman–Crippen MR) is 71.2 cm³/mol. The van der Waals surface area contributed by atoms with Crippen LogP contribution < -0.4 is 0 Å². The summed E-state index contributed by atoms with van der Waals surface area (Å²) in [4.78, 5) is 23.4.